The summed E-state index contributed by atoms with van der Waals surface area (Å²) in [6.45, 7) is 6.87. The van der Waals surface area contributed by atoms with E-state index in [1.165, 1.54) is 0 Å². The average molecular weight is 386 g/mol. The molecule has 27 heavy (non-hydrogen) atoms. The highest BCUT2D eigenvalue weighted by atomic mass is 35.5. The lowest BCUT2D eigenvalue weighted by atomic mass is 10.1. The van der Waals surface area contributed by atoms with Gasteiger partial charge < -0.3 is 14.6 Å². The molecule has 3 aromatic rings. The molecule has 2 aromatic carbocycles. The smallest absolute Gasteiger partial charge is 0.263 e. The van der Waals surface area contributed by atoms with Crippen molar-refractivity contribution in [3.8, 4) is 5.75 Å². The van der Waals surface area contributed by atoms with E-state index in [9.17, 15) is 4.79 Å². The van der Waals surface area contributed by atoms with Crippen LogP contribution in [0.25, 0.3) is 11.0 Å². The van der Waals surface area contributed by atoms with E-state index in [1.54, 1.807) is 38.1 Å². The van der Waals surface area contributed by atoms with Crippen molar-refractivity contribution >= 4 is 28.5 Å². The van der Waals surface area contributed by atoms with Gasteiger partial charge in [-0.1, -0.05) is 23.7 Å². The van der Waals surface area contributed by atoms with Crippen LogP contribution in [0.4, 0.5) is 0 Å². The molecule has 0 saturated carbocycles. The summed E-state index contributed by atoms with van der Waals surface area (Å²) >= 11 is 5.88. The zero-order valence-corrected chi connectivity index (χ0v) is 16.6. The number of ether oxygens (including phenoxy) is 1. The number of aryl methyl sites for hydroxylation is 2. The van der Waals surface area contributed by atoms with E-state index in [0.717, 1.165) is 29.8 Å². The Hall–Kier alpha value is -2.53. The lowest BCUT2D eigenvalue weighted by molar-refractivity contribution is -0.134. The van der Waals surface area contributed by atoms with Crippen molar-refractivity contribution in [1.29, 1.82) is 0 Å². The second kappa shape index (κ2) is 8.01. The normalized spacial score (nSPS) is 11.6. The van der Waals surface area contributed by atoms with Crippen molar-refractivity contribution in [2.24, 2.45) is 0 Å². The van der Waals surface area contributed by atoms with Gasteiger partial charge in [0.15, 0.2) is 5.60 Å². The van der Waals surface area contributed by atoms with Gasteiger partial charge in [-0.3, -0.25) is 4.79 Å². The molecule has 0 bridgehead atoms. The Bertz CT molecular complexity index is 932. The Morgan fingerprint density at radius 3 is 2.63 bits per heavy atom. The second-order valence-corrected chi connectivity index (χ2v) is 7.41. The molecule has 0 aliphatic rings. The highest BCUT2D eigenvalue weighted by Crippen LogP contribution is 2.21. The molecule has 6 heteroatoms. The number of hydrogen-bond acceptors (Lipinski definition) is 3. The highest BCUT2D eigenvalue weighted by molar-refractivity contribution is 6.30. The predicted molar refractivity (Wildman–Crippen MR) is 108 cm³/mol. The van der Waals surface area contributed by atoms with Crippen molar-refractivity contribution in [2.45, 2.75) is 39.3 Å². The van der Waals surface area contributed by atoms with Gasteiger partial charge in [-0.15, -0.1) is 0 Å². The first-order chi connectivity index (χ1) is 12.9. The molecule has 0 unspecified atom stereocenters. The lowest BCUT2D eigenvalue weighted by Crippen LogP contribution is -2.46. The number of para-hydroxylation sites is 2. The molecule has 0 atom stereocenters. The first-order valence-corrected chi connectivity index (χ1v) is 9.39. The number of nitrogens with one attached hydrogen (secondary N) is 1. The summed E-state index contributed by atoms with van der Waals surface area (Å²) in [5.41, 5.74) is 1.15. The number of rotatable bonds is 7. The molecule has 1 N–H and O–H groups in total. The zero-order chi connectivity index (χ0) is 19.4. The Morgan fingerprint density at radius 2 is 1.89 bits per heavy atom. The number of nitrogens with zero attached hydrogens (tertiary/aromatic N) is 2. The van der Waals surface area contributed by atoms with E-state index < -0.39 is 5.60 Å². The largest absolute Gasteiger partial charge is 0.478 e. The molecule has 1 aromatic heterocycles. The molecular formula is C21H24ClN3O2. The van der Waals surface area contributed by atoms with Crippen LogP contribution in [-0.4, -0.2) is 27.6 Å². The number of halogens is 1. The Kier molecular flexibility index (Phi) is 5.71. The summed E-state index contributed by atoms with van der Waals surface area (Å²) in [6.07, 6.45) is 0.809. The second-order valence-electron chi connectivity index (χ2n) is 6.98. The van der Waals surface area contributed by atoms with E-state index in [-0.39, 0.29) is 5.91 Å². The van der Waals surface area contributed by atoms with Gasteiger partial charge in [-0.25, -0.2) is 4.98 Å². The minimum Gasteiger partial charge on any atom is -0.478 e. The molecule has 0 aliphatic carbocycles. The van der Waals surface area contributed by atoms with Crippen LogP contribution >= 0.6 is 11.6 Å². The van der Waals surface area contributed by atoms with Crippen molar-refractivity contribution < 1.29 is 9.53 Å². The van der Waals surface area contributed by atoms with Crippen molar-refractivity contribution in [1.82, 2.24) is 14.9 Å². The van der Waals surface area contributed by atoms with E-state index in [0.29, 0.717) is 17.3 Å². The molecule has 5 nitrogen and oxygen atoms in total. The maximum Gasteiger partial charge on any atom is 0.263 e. The van der Waals surface area contributed by atoms with Gasteiger partial charge in [0.1, 0.15) is 11.6 Å². The van der Waals surface area contributed by atoms with Gasteiger partial charge in [-0.05, 0) is 63.6 Å². The van der Waals surface area contributed by atoms with Gasteiger partial charge in [0.25, 0.3) is 5.91 Å². The van der Waals surface area contributed by atoms with Crippen molar-refractivity contribution in [3.63, 3.8) is 0 Å². The number of carbonyl (C=O) groups excluding carboxylic acids is 1. The van der Waals surface area contributed by atoms with Crippen molar-refractivity contribution in [3.05, 3.63) is 59.4 Å². The molecule has 0 aliphatic heterocycles. The molecule has 0 fully saturated rings. The van der Waals surface area contributed by atoms with Crippen LogP contribution in [-0.2, 0) is 11.3 Å². The van der Waals surface area contributed by atoms with Gasteiger partial charge in [0, 0.05) is 18.1 Å². The van der Waals surface area contributed by atoms with Crippen LogP contribution in [0.3, 0.4) is 0 Å². The standard InChI is InChI=1S/C21H24ClN3O2/c1-15-24-18-7-4-5-8-19(18)25(15)14-6-13-23-20(26)21(2,3)27-17-11-9-16(22)10-12-17/h4-5,7-12H,6,13-14H2,1-3H3,(H,23,26). The number of imidazole rings is 1. The van der Waals surface area contributed by atoms with Gasteiger partial charge >= 0.3 is 0 Å². The monoisotopic (exact) mass is 385 g/mol. The first kappa shape index (κ1) is 19.2. The third-order valence-corrected chi connectivity index (χ3v) is 4.67. The molecule has 1 heterocycles. The number of fused-ring (bicyclic) bond motifs is 1. The number of carbonyl (C=O) groups is 1. The summed E-state index contributed by atoms with van der Waals surface area (Å²) in [6, 6.07) is 15.1. The lowest BCUT2D eigenvalue weighted by Gasteiger charge is -2.25. The Morgan fingerprint density at radius 1 is 1.19 bits per heavy atom. The van der Waals surface area contributed by atoms with Crippen LogP contribution in [0, 0.1) is 6.92 Å². The van der Waals surface area contributed by atoms with Gasteiger partial charge in [-0.2, -0.15) is 0 Å². The summed E-state index contributed by atoms with van der Waals surface area (Å²) in [5, 5.41) is 3.59. The van der Waals surface area contributed by atoms with Crippen LogP contribution in [0.2, 0.25) is 5.02 Å². The average Bonchev–Trinajstić information content (AvgIpc) is 2.95. The highest BCUT2D eigenvalue weighted by Gasteiger charge is 2.29. The SMILES string of the molecule is Cc1nc2ccccc2n1CCCNC(=O)C(C)(C)Oc1ccc(Cl)cc1. The first-order valence-electron chi connectivity index (χ1n) is 9.01. The zero-order valence-electron chi connectivity index (χ0n) is 15.8. The summed E-state index contributed by atoms with van der Waals surface area (Å²) in [7, 11) is 0. The fourth-order valence-corrected chi connectivity index (χ4v) is 3.10. The van der Waals surface area contributed by atoms with E-state index in [2.05, 4.69) is 20.9 Å². The maximum absolute atomic E-state index is 12.5. The van der Waals surface area contributed by atoms with E-state index in [1.807, 2.05) is 25.1 Å². The predicted octanol–water partition coefficient (Wildman–Crippen LogP) is 4.36. The van der Waals surface area contributed by atoms with Crippen LogP contribution in [0.5, 0.6) is 5.75 Å². The number of aromatic nitrogens is 2. The van der Waals surface area contributed by atoms with Crippen LogP contribution < -0.4 is 10.1 Å². The molecule has 142 valence electrons. The van der Waals surface area contributed by atoms with Crippen LogP contribution in [0.15, 0.2) is 48.5 Å². The molecule has 1 amide bonds. The van der Waals surface area contributed by atoms with Crippen LogP contribution in [0.1, 0.15) is 26.1 Å². The maximum atomic E-state index is 12.5. The molecule has 0 radical (unpaired) electrons. The third-order valence-electron chi connectivity index (χ3n) is 4.42. The van der Waals surface area contributed by atoms with E-state index >= 15 is 0 Å². The fourth-order valence-electron chi connectivity index (χ4n) is 2.97. The number of amides is 1. The Labute approximate surface area is 164 Å². The quantitative estimate of drug-likeness (QED) is 0.615. The van der Waals surface area contributed by atoms with Gasteiger partial charge in [0.2, 0.25) is 0 Å². The minimum absolute atomic E-state index is 0.148. The molecule has 3 rings (SSSR count). The summed E-state index contributed by atoms with van der Waals surface area (Å²) < 4.78 is 7.99. The summed E-state index contributed by atoms with van der Waals surface area (Å²) in [4.78, 5) is 17.1. The third kappa shape index (κ3) is 4.61. The van der Waals surface area contributed by atoms with Crippen molar-refractivity contribution in [2.75, 3.05) is 6.54 Å². The molecule has 0 spiro atoms. The van der Waals surface area contributed by atoms with E-state index in [4.69, 9.17) is 16.3 Å². The number of hydrogen-bond donors (Lipinski definition) is 1. The topological polar surface area (TPSA) is 56.2 Å². The molecule has 0 saturated heterocycles. The Balaban J connectivity index is 1.52. The number of benzene rings is 2. The minimum atomic E-state index is -0.967. The molecular weight excluding hydrogens is 362 g/mol. The summed E-state index contributed by atoms with van der Waals surface area (Å²) in [5.74, 6) is 1.44. The van der Waals surface area contributed by atoms with Gasteiger partial charge in [0.05, 0.1) is 11.0 Å². The fraction of sp³-hybridized carbons (Fsp3) is 0.333.